The van der Waals surface area contributed by atoms with Gasteiger partial charge in [0, 0.05) is 23.0 Å². The van der Waals surface area contributed by atoms with E-state index in [1.54, 1.807) is 6.07 Å². The average molecular weight is 199 g/mol. The summed E-state index contributed by atoms with van der Waals surface area (Å²) in [4.78, 5) is 2.92. The van der Waals surface area contributed by atoms with Crippen molar-refractivity contribution in [3.8, 4) is 0 Å². The van der Waals surface area contributed by atoms with E-state index >= 15 is 0 Å². The number of aromatic amines is 1. The molecule has 13 heavy (non-hydrogen) atoms. The van der Waals surface area contributed by atoms with E-state index in [0.29, 0.717) is 11.7 Å². The summed E-state index contributed by atoms with van der Waals surface area (Å²) >= 11 is 5.86. The topological polar surface area (TPSA) is 41.8 Å². The lowest BCUT2D eigenvalue weighted by molar-refractivity contribution is 0.629. The molecule has 0 spiro atoms. The molecule has 0 atom stereocenters. The molecule has 3 N–H and O–H groups in total. The quantitative estimate of drug-likeness (QED) is 0.726. The van der Waals surface area contributed by atoms with Gasteiger partial charge in [0.1, 0.15) is 11.0 Å². The van der Waals surface area contributed by atoms with Crippen LogP contribution in [0, 0.1) is 5.82 Å². The molecule has 0 amide bonds. The number of H-pyrrole nitrogens is 1. The summed E-state index contributed by atoms with van der Waals surface area (Å²) in [6, 6.07) is 4.46. The van der Waals surface area contributed by atoms with Gasteiger partial charge < -0.3 is 10.7 Å². The molecule has 0 fully saturated rings. The predicted octanol–water partition coefficient (Wildman–Crippen LogP) is 2.42. The molecule has 2 aromatic rings. The van der Waals surface area contributed by atoms with E-state index in [9.17, 15) is 4.39 Å². The van der Waals surface area contributed by atoms with E-state index < -0.39 is 0 Å². The highest BCUT2D eigenvalue weighted by molar-refractivity contribution is 6.31. The first-order chi connectivity index (χ1) is 6.22. The lowest BCUT2D eigenvalue weighted by atomic mass is 10.2. The van der Waals surface area contributed by atoms with E-state index in [0.717, 1.165) is 16.5 Å². The Bertz CT molecular complexity index is 450. The van der Waals surface area contributed by atoms with Crippen molar-refractivity contribution in [2.24, 2.45) is 5.73 Å². The molecule has 0 bridgehead atoms. The van der Waals surface area contributed by atoms with Crippen LogP contribution in [0.4, 0.5) is 4.39 Å². The third-order valence-electron chi connectivity index (χ3n) is 2.02. The molecule has 2 rings (SSSR count). The molecule has 1 aromatic heterocycles. The Morgan fingerprint density at radius 1 is 1.46 bits per heavy atom. The summed E-state index contributed by atoms with van der Waals surface area (Å²) in [6.07, 6.45) is 0. The Kier molecular flexibility index (Phi) is 1.98. The second-order valence-electron chi connectivity index (χ2n) is 2.81. The second-order valence-corrected chi connectivity index (χ2v) is 3.19. The number of halogens is 2. The van der Waals surface area contributed by atoms with E-state index in [-0.39, 0.29) is 5.82 Å². The van der Waals surface area contributed by atoms with Gasteiger partial charge in [0.05, 0.1) is 0 Å². The summed E-state index contributed by atoms with van der Waals surface area (Å²) in [6.45, 7) is 0.308. The molecule has 1 heterocycles. The largest absolute Gasteiger partial charge is 0.345 e. The number of nitrogens with two attached hydrogens (primary N) is 1. The Morgan fingerprint density at radius 3 is 2.92 bits per heavy atom. The van der Waals surface area contributed by atoms with Gasteiger partial charge in [-0.25, -0.2) is 4.39 Å². The van der Waals surface area contributed by atoms with Gasteiger partial charge in [-0.3, -0.25) is 0 Å². The van der Waals surface area contributed by atoms with E-state index in [1.807, 2.05) is 0 Å². The Balaban J connectivity index is 2.80. The summed E-state index contributed by atoms with van der Waals surface area (Å²) < 4.78 is 12.9. The van der Waals surface area contributed by atoms with E-state index in [1.165, 1.54) is 12.1 Å². The number of aromatic nitrogens is 1. The highest BCUT2D eigenvalue weighted by Crippen LogP contribution is 2.26. The van der Waals surface area contributed by atoms with Crippen LogP contribution in [0.2, 0.25) is 5.15 Å². The number of fused-ring (bicyclic) bond motifs is 1. The minimum atomic E-state index is -0.280. The normalized spacial score (nSPS) is 11.0. The molecule has 4 heteroatoms. The Hall–Kier alpha value is -1.06. The van der Waals surface area contributed by atoms with Crippen LogP contribution < -0.4 is 5.73 Å². The second kappa shape index (κ2) is 3.01. The van der Waals surface area contributed by atoms with Crippen molar-refractivity contribution >= 4 is 22.5 Å². The number of hydrogen-bond acceptors (Lipinski definition) is 1. The summed E-state index contributed by atoms with van der Waals surface area (Å²) in [5, 5.41) is 1.25. The SMILES string of the molecule is NCc1c(Cl)[nH]c2ccc(F)cc12. The summed E-state index contributed by atoms with van der Waals surface area (Å²) in [5.41, 5.74) is 7.06. The monoisotopic (exact) mass is 198 g/mol. The van der Waals surface area contributed by atoms with Gasteiger partial charge in [0.2, 0.25) is 0 Å². The van der Waals surface area contributed by atoms with Crippen LogP contribution in [0.25, 0.3) is 10.9 Å². The van der Waals surface area contributed by atoms with Crippen molar-refractivity contribution in [2.45, 2.75) is 6.54 Å². The van der Waals surface area contributed by atoms with Gasteiger partial charge in [-0.2, -0.15) is 0 Å². The maximum atomic E-state index is 12.9. The molecule has 0 aliphatic carbocycles. The van der Waals surface area contributed by atoms with Crippen molar-refractivity contribution < 1.29 is 4.39 Å². The maximum absolute atomic E-state index is 12.9. The number of rotatable bonds is 1. The molecule has 0 aliphatic heterocycles. The molecule has 0 unspecified atom stereocenters. The molecule has 0 radical (unpaired) electrons. The van der Waals surface area contributed by atoms with Crippen LogP contribution in [0.1, 0.15) is 5.56 Å². The van der Waals surface area contributed by atoms with Crippen molar-refractivity contribution in [3.05, 3.63) is 34.7 Å². The fourth-order valence-corrected chi connectivity index (χ4v) is 1.67. The van der Waals surface area contributed by atoms with E-state index in [4.69, 9.17) is 17.3 Å². The lowest BCUT2D eigenvalue weighted by Gasteiger charge is -1.93. The van der Waals surface area contributed by atoms with Crippen molar-refractivity contribution in [2.75, 3.05) is 0 Å². The maximum Gasteiger partial charge on any atom is 0.123 e. The van der Waals surface area contributed by atoms with Gasteiger partial charge in [-0.15, -0.1) is 0 Å². The predicted molar refractivity (Wildman–Crippen MR) is 51.2 cm³/mol. The Labute approximate surface area is 79.5 Å². The molecule has 0 saturated heterocycles. The fourth-order valence-electron chi connectivity index (χ4n) is 1.39. The molecule has 0 aliphatic rings. The van der Waals surface area contributed by atoms with Gasteiger partial charge >= 0.3 is 0 Å². The highest BCUT2D eigenvalue weighted by Gasteiger charge is 2.08. The first-order valence-electron chi connectivity index (χ1n) is 3.88. The standard InChI is InChI=1S/C9H8ClFN2/c10-9-7(4-12)6-3-5(11)1-2-8(6)13-9/h1-3,13H,4,12H2. The highest BCUT2D eigenvalue weighted by atomic mass is 35.5. The zero-order valence-corrected chi connectivity index (χ0v) is 7.53. The number of benzene rings is 1. The zero-order valence-electron chi connectivity index (χ0n) is 6.77. The van der Waals surface area contributed by atoms with Crippen molar-refractivity contribution in [1.29, 1.82) is 0 Å². The fraction of sp³-hybridized carbons (Fsp3) is 0.111. The molecule has 68 valence electrons. The third-order valence-corrected chi connectivity index (χ3v) is 2.34. The van der Waals surface area contributed by atoms with Crippen LogP contribution in [0.15, 0.2) is 18.2 Å². The van der Waals surface area contributed by atoms with Crippen molar-refractivity contribution in [1.82, 2.24) is 4.98 Å². The Morgan fingerprint density at radius 2 is 2.23 bits per heavy atom. The first kappa shape index (κ1) is 8.53. The molecule has 2 nitrogen and oxygen atoms in total. The molecular formula is C9H8ClFN2. The summed E-state index contributed by atoms with van der Waals surface area (Å²) in [7, 11) is 0. The van der Waals surface area contributed by atoms with Crippen LogP contribution in [0.3, 0.4) is 0 Å². The number of nitrogens with one attached hydrogen (secondary N) is 1. The minimum Gasteiger partial charge on any atom is -0.345 e. The van der Waals surface area contributed by atoms with Gasteiger partial charge in [-0.05, 0) is 18.2 Å². The smallest absolute Gasteiger partial charge is 0.123 e. The molecule has 0 saturated carbocycles. The number of hydrogen-bond donors (Lipinski definition) is 2. The van der Waals surface area contributed by atoms with Crippen LogP contribution in [-0.4, -0.2) is 4.98 Å². The van der Waals surface area contributed by atoms with Gasteiger partial charge in [-0.1, -0.05) is 11.6 Å². The lowest BCUT2D eigenvalue weighted by Crippen LogP contribution is -1.95. The van der Waals surface area contributed by atoms with E-state index in [2.05, 4.69) is 4.98 Å². The summed E-state index contributed by atoms with van der Waals surface area (Å²) in [5.74, 6) is -0.280. The van der Waals surface area contributed by atoms with Gasteiger partial charge in [0.25, 0.3) is 0 Å². The first-order valence-corrected chi connectivity index (χ1v) is 4.26. The third kappa shape index (κ3) is 1.30. The van der Waals surface area contributed by atoms with Gasteiger partial charge in [0.15, 0.2) is 0 Å². The average Bonchev–Trinajstić information content (AvgIpc) is 2.40. The molecular weight excluding hydrogens is 191 g/mol. The molecule has 1 aromatic carbocycles. The van der Waals surface area contributed by atoms with Crippen molar-refractivity contribution in [3.63, 3.8) is 0 Å². The van der Waals surface area contributed by atoms with Crippen LogP contribution in [-0.2, 0) is 6.54 Å². The minimum absolute atomic E-state index is 0.280. The van der Waals surface area contributed by atoms with Crippen LogP contribution >= 0.6 is 11.6 Å². The zero-order chi connectivity index (χ0) is 9.42. The van der Waals surface area contributed by atoms with Crippen LogP contribution in [0.5, 0.6) is 0 Å².